The fraction of sp³-hybridized carbons (Fsp3) is 0.471. The molecule has 0 atom stereocenters. The van der Waals surface area contributed by atoms with Crippen molar-refractivity contribution in [1.82, 2.24) is 4.90 Å². The van der Waals surface area contributed by atoms with Crippen LogP contribution in [0.3, 0.4) is 0 Å². The zero-order valence-electron chi connectivity index (χ0n) is 14.3. The summed E-state index contributed by atoms with van der Waals surface area (Å²) in [7, 11) is 1.55. The number of carbonyl (C=O) groups is 3. The Labute approximate surface area is 141 Å². The molecular weight excluding hydrogens is 312 g/mol. The molecule has 0 aliphatic rings. The van der Waals surface area contributed by atoms with Gasteiger partial charge in [0.15, 0.2) is 0 Å². The quantitative estimate of drug-likeness (QED) is 0.694. The Kier molecular flexibility index (Phi) is 8.49. The summed E-state index contributed by atoms with van der Waals surface area (Å²) in [5, 5.41) is 2.64. The highest BCUT2D eigenvalue weighted by Crippen LogP contribution is 2.13. The van der Waals surface area contributed by atoms with Gasteiger partial charge in [0.25, 0.3) is 5.91 Å². The van der Waals surface area contributed by atoms with Gasteiger partial charge in [-0.25, -0.2) is 0 Å². The van der Waals surface area contributed by atoms with Crippen LogP contribution in [0.4, 0.5) is 5.69 Å². The molecule has 24 heavy (non-hydrogen) atoms. The fourth-order valence-electron chi connectivity index (χ4n) is 2.09. The van der Waals surface area contributed by atoms with Crippen LogP contribution in [-0.2, 0) is 19.1 Å². The summed E-state index contributed by atoms with van der Waals surface area (Å²) in [4.78, 5) is 36.9. The standard InChI is InChI=1S/C17H24N2O5/c1-4-24-16(21)8-9-19(10-11-23-3)17(22)14-6-5-7-15(12-14)18-13(2)20/h5-7,12H,4,8-11H2,1-3H3,(H,18,20). The summed E-state index contributed by atoms with van der Waals surface area (Å²) in [5.41, 5.74) is 0.978. The first-order valence-corrected chi connectivity index (χ1v) is 7.79. The van der Waals surface area contributed by atoms with E-state index in [9.17, 15) is 14.4 Å². The van der Waals surface area contributed by atoms with Gasteiger partial charge in [-0.05, 0) is 25.1 Å². The first-order valence-electron chi connectivity index (χ1n) is 7.79. The Morgan fingerprint density at radius 2 is 1.96 bits per heavy atom. The van der Waals surface area contributed by atoms with E-state index in [0.717, 1.165) is 0 Å². The number of benzene rings is 1. The molecule has 1 rings (SSSR count). The maximum absolute atomic E-state index is 12.7. The molecule has 0 saturated carbocycles. The third kappa shape index (κ3) is 6.78. The molecule has 7 nitrogen and oxygen atoms in total. The molecule has 7 heteroatoms. The van der Waals surface area contributed by atoms with E-state index in [1.54, 1.807) is 38.3 Å². The zero-order chi connectivity index (χ0) is 17.9. The Balaban J connectivity index is 2.82. The molecule has 0 aromatic heterocycles. The molecule has 0 saturated heterocycles. The van der Waals surface area contributed by atoms with Crippen LogP contribution in [0.25, 0.3) is 0 Å². The van der Waals surface area contributed by atoms with Crippen molar-refractivity contribution in [3.63, 3.8) is 0 Å². The van der Waals surface area contributed by atoms with Crippen LogP contribution in [0.15, 0.2) is 24.3 Å². The van der Waals surface area contributed by atoms with Gasteiger partial charge in [0.05, 0.1) is 19.6 Å². The van der Waals surface area contributed by atoms with Gasteiger partial charge < -0.3 is 19.7 Å². The van der Waals surface area contributed by atoms with E-state index in [1.807, 2.05) is 0 Å². The maximum Gasteiger partial charge on any atom is 0.307 e. The number of carbonyl (C=O) groups excluding carboxylic acids is 3. The van der Waals surface area contributed by atoms with Gasteiger partial charge in [0.2, 0.25) is 5.91 Å². The van der Waals surface area contributed by atoms with Gasteiger partial charge in [0, 0.05) is 38.4 Å². The molecule has 2 amide bonds. The monoisotopic (exact) mass is 336 g/mol. The highest BCUT2D eigenvalue weighted by atomic mass is 16.5. The predicted molar refractivity (Wildman–Crippen MR) is 89.8 cm³/mol. The molecule has 1 aromatic rings. The topological polar surface area (TPSA) is 84.9 Å². The molecule has 0 heterocycles. The summed E-state index contributed by atoms with van der Waals surface area (Å²) in [6, 6.07) is 6.67. The van der Waals surface area contributed by atoms with Crippen molar-refractivity contribution in [2.24, 2.45) is 0 Å². The Morgan fingerprint density at radius 1 is 1.21 bits per heavy atom. The van der Waals surface area contributed by atoms with E-state index >= 15 is 0 Å². The van der Waals surface area contributed by atoms with Crippen LogP contribution in [0, 0.1) is 0 Å². The van der Waals surface area contributed by atoms with Crippen LogP contribution in [0.1, 0.15) is 30.6 Å². The number of nitrogens with zero attached hydrogens (tertiary/aromatic N) is 1. The lowest BCUT2D eigenvalue weighted by atomic mass is 10.1. The molecule has 1 aromatic carbocycles. The Bertz CT molecular complexity index is 574. The fourth-order valence-corrected chi connectivity index (χ4v) is 2.09. The lowest BCUT2D eigenvalue weighted by Gasteiger charge is -2.22. The second-order valence-corrected chi connectivity index (χ2v) is 5.10. The minimum atomic E-state index is -0.347. The highest BCUT2D eigenvalue weighted by Gasteiger charge is 2.17. The molecular formula is C17H24N2O5. The van der Waals surface area contributed by atoms with Crippen molar-refractivity contribution in [3.8, 4) is 0 Å². The lowest BCUT2D eigenvalue weighted by molar-refractivity contribution is -0.143. The summed E-state index contributed by atoms with van der Waals surface area (Å²) in [5.74, 6) is -0.790. The molecule has 0 unspecified atom stereocenters. The number of methoxy groups -OCH3 is 1. The summed E-state index contributed by atoms with van der Waals surface area (Å²) >= 11 is 0. The SMILES string of the molecule is CCOC(=O)CCN(CCOC)C(=O)c1cccc(NC(C)=O)c1. The molecule has 0 aliphatic carbocycles. The van der Waals surface area contributed by atoms with Gasteiger partial charge in [-0.15, -0.1) is 0 Å². The molecule has 132 valence electrons. The zero-order valence-corrected chi connectivity index (χ0v) is 14.3. The smallest absolute Gasteiger partial charge is 0.307 e. The predicted octanol–water partition coefficient (Wildman–Crippen LogP) is 1.69. The first kappa shape index (κ1) is 19.6. The van der Waals surface area contributed by atoms with Crippen molar-refractivity contribution < 1.29 is 23.9 Å². The van der Waals surface area contributed by atoms with Gasteiger partial charge in [0.1, 0.15) is 0 Å². The molecule has 0 spiro atoms. The molecule has 0 radical (unpaired) electrons. The first-order chi connectivity index (χ1) is 11.5. The van der Waals surface area contributed by atoms with Crippen molar-refractivity contribution >= 4 is 23.5 Å². The number of anilines is 1. The number of nitrogens with one attached hydrogen (secondary N) is 1. The van der Waals surface area contributed by atoms with Gasteiger partial charge >= 0.3 is 5.97 Å². The third-order valence-electron chi connectivity index (χ3n) is 3.17. The average Bonchev–Trinajstić information content (AvgIpc) is 2.54. The molecule has 0 aliphatic heterocycles. The highest BCUT2D eigenvalue weighted by molar-refractivity contribution is 5.97. The van der Waals surface area contributed by atoms with E-state index in [0.29, 0.717) is 31.0 Å². The maximum atomic E-state index is 12.7. The van der Waals surface area contributed by atoms with E-state index in [-0.39, 0.29) is 30.7 Å². The average molecular weight is 336 g/mol. The Hall–Kier alpha value is -2.41. The summed E-state index contributed by atoms with van der Waals surface area (Å²) in [6.07, 6.45) is 0.120. The van der Waals surface area contributed by atoms with Gasteiger partial charge in [-0.3, -0.25) is 14.4 Å². The van der Waals surface area contributed by atoms with Crippen molar-refractivity contribution in [1.29, 1.82) is 0 Å². The minimum Gasteiger partial charge on any atom is -0.466 e. The number of rotatable bonds is 9. The van der Waals surface area contributed by atoms with Crippen LogP contribution >= 0.6 is 0 Å². The van der Waals surface area contributed by atoms with Crippen LogP contribution in [-0.4, -0.2) is 56.1 Å². The third-order valence-corrected chi connectivity index (χ3v) is 3.17. The van der Waals surface area contributed by atoms with E-state index in [2.05, 4.69) is 5.32 Å². The van der Waals surface area contributed by atoms with Crippen LogP contribution in [0.2, 0.25) is 0 Å². The van der Waals surface area contributed by atoms with Crippen molar-refractivity contribution in [2.75, 3.05) is 38.7 Å². The van der Waals surface area contributed by atoms with E-state index < -0.39 is 0 Å². The van der Waals surface area contributed by atoms with Crippen molar-refractivity contribution in [2.45, 2.75) is 20.3 Å². The second kappa shape index (κ2) is 10.4. The van der Waals surface area contributed by atoms with Gasteiger partial charge in [-0.2, -0.15) is 0 Å². The lowest BCUT2D eigenvalue weighted by Crippen LogP contribution is -2.36. The van der Waals surface area contributed by atoms with E-state index in [4.69, 9.17) is 9.47 Å². The number of hydrogen-bond acceptors (Lipinski definition) is 5. The largest absolute Gasteiger partial charge is 0.466 e. The normalized spacial score (nSPS) is 10.1. The van der Waals surface area contributed by atoms with Crippen LogP contribution < -0.4 is 5.32 Å². The molecule has 1 N–H and O–H groups in total. The number of amides is 2. The summed E-state index contributed by atoms with van der Waals surface area (Å²) < 4.78 is 9.91. The second-order valence-electron chi connectivity index (χ2n) is 5.10. The minimum absolute atomic E-state index is 0.120. The van der Waals surface area contributed by atoms with Gasteiger partial charge in [-0.1, -0.05) is 6.07 Å². The Morgan fingerprint density at radius 3 is 2.58 bits per heavy atom. The van der Waals surface area contributed by atoms with Crippen molar-refractivity contribution in [3.05, 3.63) is 29.8 Å². The van der Waals surface area contributed by atoms with Crippen LogP contribution in [0.5, 0.6) is 0 Å². The van der Waals surface area contributed by atoms with E-state index in [1.165, 1.54) is 11.8 Å². The number of ether oxygens (including phenoxy) is 2. The molecule has 0 fully saturated rings. The number of hydrogen-bond donors (Lipinski definition) is 1. The molecule has 0 bridgehead atoms. The summed E-state index contributed by atoms with van der Waals surface area (Å²) in [6.45, 7) is 4.41. The number of esters is 1.